The van der Waals surface area contributed by atoms with Gasteiger partial charge in [0, 0.05) is 74.3 Å². The number of fused-ring (bicyclic) bond motifs is 3. The highest BCUT2D eigenvalue weighted by molar-refractivity contribution is 5.95. The molecule has 0 atom stereocenters. The van der Waals surface area contributed by atoms with Gasteiger partial charge in [-0.05, 0) is 54.4 Å². The highest BCUT2D eigenvalue weighted by Gasteiger charge is 2.31. The van der Waals surface area contributed by atoms with Crippen molar-refractivity contribution >= 4 is 34.3 Å². The molecule has 3 aliphatic heterocycles. The van der Waals surface area contributed by atoms with E-state index in [1.807, 2.05) is 40.8 Å². The van der Waals surface area contributed by atoms with Crippen LogP contribution in [-0.4, -0.2) is 67.9 Å². The zero-order chi connectivity index (χ0) is 29.0. The van der Waals surface area contributed by atoms with E-state index in [0.29, 0.717) is 63.4 Å². The van der Waals surface area contributed by atoms with Gasteiger partial charge in [-0.25, -0.2) is 4.79 Å². The van der Waals surface area contributed by atoms with Crippen molar-refractivity contribution in [2.75, 3.05) is 36.0 Å². The number of nitriles is 1. The van der Waals surface area contributed by atoms with E-state index >= 15 is 0 Å². The molecule has 11 nitrogen and oxygen atoms in total. The molecule has 0 radical (unpaired) electrons. The summed E-state index contributed by atoms with van der Waals surface area (Å²) in [6.07, 6.45) is 0.836. The first-order valence-corrected chi connectivity index (χ1v) is 14.1. The molecule has 2 amide bonds. The van der Waals surface area contributed by atoms with Crippen LogP contribution < -0.4 is 9.80 Å². The van der Waals surface area contributed by atoms with Gasteiger partial charge in [-0.1, -0.05) is 6.07 Å². The van der Waals surface area contributed by atoms with Crippen LogP contribution in [0.3, 0.4) is 0 Å². The van der Waals surface area contributed by atoms with E-state index in [2.05, 4.69) is 39.1 Å². The Balaban J connectivity index is 1.05. The number of piperazine rings is 1. The highest BCUT2D eigenvalue weighted by Crippen LogP contribution is 2.35. The third-order valence-electron chi connectivity index (χ3n) is 8.73. The number of rotatable bonds is 4. The van der Waals surface area contributed by atoms with Gasteiger partial charge in [0.05, 0.1) is 29.0 Å². The van der Waals surface area contributed by atoms with Gasteiger partial charge in [-0.15, -0.1) is 0 Å². The summed E-state index contributed by atoms with van der Waals surface area (Å²) < 4.78 is 1.85. The number of aryl methyl sites for hydroxylation is 1. The summed E-state index contributed by atoms with van der Waals surface area (Å²) in [5.74, 6) is 0.0274. The lowest BCUT2D eigenvalue weighted by Crippen LogP contribution is -2.48. The molecule has 2 aromatic heterocycles. The Morgan fingerprint density at radius 3 is 2.55 bits per heavy atom. The lowest BCUT2D eigenvalue weighted by molar-refractivity contribution is -0.132. The number of hydrogen-bond acceptors (Lipinski definition) is 7. The normalized spacial score (nSPS) is 16.1. The van der Waals surface area contributed by atoms with Gasteiger partial charge in [-0.3, -0.25) is 14.5 Å². The molecule has 7 rings (SSSR count). The number of benzene rings is 2. The quantitative estimate of drug-likeness (QED) is 0.401. The van der Waals surface area contributed by atoms with Crippen LogP contribution in [0, 0.1) is 18.3 Å². The molecule has 1 fully saturated rings. The van der Waals surface area contributed by atoms with Crippen molar-refractivity contribution in [3.05, 3.63) is 82.3 Å². The molecule has 0 unspecified atom stereocenters. The zero-order valence-electron chi connectivity index (χ0n) is 23.3. The molecule has 0 spiro atoms. The van der Waals surface area contributed by atoms with Gasteiger partial charge in [-0.2, -0.15) is 10.4 Å². The summed E-state index contributed by atoms with van der Waals surface area (Å²) in [7, 11) is 0. The smallest absolute Gasteiger partial charge is 0.407 e. The van der Waals surface area contributed by atoms with E-state index in [-0.39, 0.29) is 12.5 Å². The van der Waals surface area contributed by atoms with Crippen molar-refractivity contribution in [2.45, 2.75) is 39.6 Å². The molecule has 42 heavy (non-hydrogen) atoms. The van der Waals surface area contributed by atoms with Gasteiger partial charge in [0.1, 0.15) is 12.6 Å². The van der Waals surface area contributed by atoms with Crippen LogP contribution in [0.15, 0.2) is 48.7 Å². The maximum atomic E-state index is 13.5. The monoisotopic (exact) mass is 562 g/mol. The molecular weight excluding hydrogens is 532 g/mol. The van der Waals surface area contributed by atoms with Gasteiger partial charge in [0.25, 0.3) is 0 Å². The third kappa shape index (κ3) is 4.36. The summed E-state index contributed by atoms with van der Waals surface area (Å²) >= 11 is 0. The van der Waals surface area contributed by atoms with Gasteiger partial charge in [0.15, 0.2) is 0 Å². The fraction of sp³-hybridized carbons (Fsp3) is 0.323. The zero-order valence-corrected chi connectivity index (χ0v) is 23.3. The van der Waals surface area contributed by atoms with Crippen LogP contribution in [0.5, 0.6) is 0 Å². The highest BCUT2D eigenvalue weighted by atomic mass is 16.4. The summed E-state index contributed by atoms with van der Waals surface area (Å²) in [6, 6.07) is 16.2. The second-order valence-electron chi connectivity index (χ2n) is 11.1. The largest absolute Gasteiger partial charge is 0.465 e. The Bertz CT molecular complexity index is 1780. The van der Waals surface area contributed by atoms with E-state index in [1.54, 1.807) is 6.20 Å². The number of carbonyl (C=O) groups is 2. The lowest BCUT2D eigenvalue weighted by atomic mass is 10.1. The Labute approximate surface area is 242 Å². The SMILES string of the molecule is Cc1nn(CC(=O)N2Cc3ccc(N4CCN(C(=O)O)CC4)cc3C2)c2c1CN(c1ccc(C#N)c3ncccc13)C2. The van der Waals surface area contributed by atoms with Gasteiger partial charge >= 0.3 is 6.09 Å². The second-order valence-corrected chi connectivity index (χ2v) is 11.1. The maximum Gasteiger partial charge on any atom is 0.407 e. The molecule has 3 aliphatic rings. The predicted molar refractivity (Wildman–Crippen MR) is 156 cm³/mol. The van der Waals surface area contributed by atoms with Crippen molar-refractivity contribution in [2.24, 2.45) is 0 Å². The number of pyridine rings is 1. The first kappa shape index (κ1) is 25.8. The van der Waals surface area contributed by atoms with Crippen LogP contribution in [0.25, 0.3) is 10.9 Å². The molecule has 4 aromatic rings. The van der Waals surface area contributed by atoms with Crippen molar-refractivity contribution in [3.8, 4) is 6.07 Å². The van der Waals surface area contributed by atoms with Gasteiger partial charge < -0.3 is 24.7 Å². The molecule has 5 heterocycles. The minimum absolute atomic E-state index is 0.0274. The summed E-state index contributed by atoms with van der Waals surface area (Å²) in [5, 5.41) is 24.4. The topological polar surface area (TPSA) is 122 Å². The van der Waals surface area contributed by atoms with Crippen molar-refractivity contribution in [3.63, 3.8) is 0 Å². The summed E-state index contributed by atoms with van der Waals surface area (Å²) in [6.45, 7) is 6.88. The van der Waals surface area contributed by atoms with E-state index < -0.39 is 6.09 Å². The Kier molecular flexibility index (Phi) is 6.19. The first-order valence-electron chi connectivity index (χ1n) is 14.1. The minimum Gasteiger partial charge on any atom is -0.465 e. The molecule has 0 bridgehead atoms. The van der Waals surface area contributed by atoms with Crippen LogP contribution in [0.1, 0.15) is 33.6 Å². The number of nitrogens with zero attached hydrogens (tertiary/aromatic N) is 8. The maximum absolute atomic E-state index is 13.5. The first-order chi connectivity index (χ1) is 20.4. The lowest BCUT2D eigenvalue weighted by Gasteiger charge is -2.34. The number of anilines is 2. The van der Waals surface area contributed by atoms with Crippen LogP contribution >= 0.6 is 0 Å². The minimum atomic E-state index is -0.872. The van der Waals surface area contributed by atoms with Gasteiger partial charge in [0.2, 0.25) is 5.91 Å². The van der Waals surface area contributed by atoms with Crippen molar-refractivity contribution in [1.29, 1.82) is 5.26 Å². The number of carboxylic acid groups (broad SMARTS) is 1. The van der Waals surface area contributed by atoms with E-state index in [9.17, 15) is 20.0 Å². The summed E-state index contributed by atoms with van der Waals surface area (Å²) in [4.78, 5) is 37.0. The number of carbonyl (C=O) groups excluding carboxylic acids is 1. The van der Waals surface area contributed by atoms with Crippen LogP contribution in [0.4, 0.5) is 16.2 Å². The number of hydrogen-bond donors (Lipinski definition) is 1. The fourth-order valence-electron chi connectivity index (χ4n) is 6.44. The molecule has 212 valence electrons. The molecule has 0 saturated carbocycles. The van der Waals surface area contributed by atoms with Crippen molar-refractivity contribution < 1.29 is 14.7 Å². The Morgan fingerprint density at radius 1 is 0.952 bits per heavy atom. The molecule has 2 aromatic carbocycles. The summed E-state index contributed by atoms with van der Waals surface area (Å²) in [5.41, 5.74) is 8.72. The van der Waals surface area contributed by atoms with Crippen LogP contribution in [0.2, 0.25) is 0 Å². The standard InChI is InChI=1S/C31H30N8O3/c1-20-26-17-37(27-7-5-21(14-32)30-25(27)3-2-8-33-30)18-28(26)39(34-20)19-29(40)38-15-22-4-6-24(13-23(22)16-38)35-9-11-36(12-10-35)31(41)42/h2-8,13H,9-12,15-19H2,1H3,(H,41,42). The van der Waals surface area contributed by atoms with E-state index in [0.717, 1.165) is 44.8 Å². The molecular formula is C31H30N8O3. The third-order valence-corrected chi connectivity index (χ3v) is 8.73. The predicted octanol–water partition coefficient (Wildman–Crippen LogP) is 3.47. The number of aromatic nitrogens is 3. The van der Waals surface area contributed by atoms with E-state index in [4.69, 9.17) is 5.10 Å². The molecule has 1 N–H and O–H groups in total. The number of amides is 2. The van der Waals surface area contributed by atoms with Crippen LogP contribution in [-0.2, 0) is 37.5 Å². The average Bonchev–Trinajstić information content (AvgIpc) is 3.71. The molecule has 11 heteroatoms. The Hall–Kier alpha value is -5.11. The van der Waals surface area contributed by atoms with Crippen molar-refractivity contribution in [1.82, 2.24) is 24.6 Å². The molecule has 1 saturated heterocycles. The molecule has 0 aliphatic carbocycles. The fourth-order valence-corrected chi connectivity index (χ4v) is 6.44. The Morgan fingerprint density at radius 2 is 1.76 bits per heavy atom. The van der Waals surface area contributed by atoms with E-state index in [1.165, 1.54) is 4.90 Å². The second kappa shape index (κ2) is 10.1. The average molecular weight is 563 g/mol.